The molecular weight excluding hydrogens is 266 g/mol. The molecule has 0 amide bonds. The topological polar surface area (TPSA) is 23.8 Å². The maximum atomic E-state index is 8.46. The molecule has 0 aliphatic carbocycles. The first-order valence-corrected chi connectivity index (χ1v) is 9.93. The molecule has 0 aromatic heterocycles. The van der Waals surface area contributed by atoms with E-state index in [1.54, 1.807) is 0 Å². The largest absolute Gasteiger partial charge is 0.198 e. The summed E-state index contributed by atoms with van der Waals surface area (Å²) < 4.78 is 21.5. The van der Waals surface area contributed by atoms with E-state index >= 15 is 0 Å². The molecule has 0 unspecified atom stereocenters. The summed E-state index contributed by atoms with van der Waals surface area (Å²) in [6.45, 7) is -1.72. The lowest BCUT2D eigenvalue weighted by Crippen LogP contribution is -1.84. The van der Waals surface area contributed by atoms with Gasteiger partial charge in [0.2, 0.25) is 0 Å². The van der Waals surface area contributed by atoms with Crippen molar-refractivity contribution >= 4 is 0 Å². The molecule has 0 fully saturated rings. The Morgan fingerprint density at radius 2 is 0.864 bits per heavy atom. The lowest BCUT2D eigenvalue weighted by Gasteiger charge is -2.03. The normalized spacial score (nSPS) is 13.3. The van der Waals surface area contributed by atoms with Crippen LogP contribution >= 0.6 is 0 Å². The van der Waals surface area contributed by atoms with Crippen LogP contribution in [0.15, 0.2) is 0 Å². The van der Waals surface area contributed by atoms with Crippen LogP contribution in [-0.2, 0) is 0 Å². The van der Waals surface area contributed by atoms with Gasteiger partial charge >= 0.3 is 0 Å². The predicted molar refractivity (Wildman–Crippen MR) is 99.0 cm³/mol. The quantitative estimate of drug-likeness (QED) is 0.236. The molecule has 0 bridgehead atoms. The van der Waals surface area contributed by atoms with E-state index in [1.807, 2.05) is 0 Å². The Hall–Kier alpha value is -0.510. The molecule has 0 rings (SSSR count). The van der Waals surface area contributed by atoms with Gasteiger partial charge in [0.25, 0.3) is 0 Å². The van der Waals surface area contributed by atoms with Crippen LogP contribution in [0.4, 0.5) is 0 Å². The van der Waals surface area contributed by atoms with Gasteiger partial charge in [0.05, 0.1) is 6.07 Å². The average Bonchev–Trinajstić information content (AvgIpc) is 2.56. The second-order valence-electron chi connectivity index (χ2n) is 6.67. The smallest absolute Gasteiger partial charge is 0.0621 e. The lowest BCUT2D eigenvalue weighted by molar-refractivity contribution is 0.525. The van der Waals surface area contributed by atoms with Crippen molar-refractivity contribution in [1.29, 1.82) is 5.26 Å². The third-order valence-electron chi connectivity index (χ3n) is 4.47. The van der Waals surface area contributed by atoms with E-state index in [-0.39, 0.29) is 0 Å². The first-order valence-electron chi connectivity index (χ1n) is 11.4. The minimum absolute atomic E-state index is 0.383. The monoisotopic (exact) mass is 310 g/mol. The zero-order chi connectivity index (χ0) is 18.6. The average molecular weight is 311 g/mol. The first-order chi connectivity index (χ1) is 12.1. The van der Waals surface area contributed by atoms with Crippen molar-refractivity contribution in [3.05, 3.63) is 0 Å². The maximum Gasteiger partial charge on any atom is 0.0621 e. The molecule has 1 heteroatoms. The van der Waals surface area contributed by atoms with Crippen molar-refractivity contribution in [2.24, 2.45) is 0 Å². The molecule has 130 valence electrons. The van der Waals surface area contributed by atoms with Gasteiger partial charge in [-0.3, -0.25) is 0 Å². The fraction of sp³-hybridized carbons (Fsp3) is 0.952. The van der Waals surface area contributed by atoms with Crippen molar-refractivity contribution in [2.75, 3.05) is 0 Å². The highest BCUT2D eigenvalue weighted by Crippen LogP contribution is 2.14. The highest BCUT2D eigenvalue weighted by Gasteiger charge is 1.94. The van der Waals surface area contributed by atoms with Gasteiger partial charge in [0.15, 0.2) is 0 Å². The van der Waals surface area contributed by atoms with Crippen molar-refractivity contribution in [1.82, 2.24) is 0 Å². The molecule has 1 nitrogen and oxygen atoms in total. The van der Waals surface area contributed by atoms with Crippen molar-refractivity contribution in [2.45, 2.75) is 129 Å². The molecule has 0 heterocycles. The summed E-state index contributed by atoms with van der Waals surface area (Å²) in [5, 5.41) is 8.46. The van der Waals surface area contributed by atoms with Gasteiger partial charge in [-0.05, 0) is 6.42 Å². The van der Waals surface area contributed by atoms with E-state index in [0.717, 1.165) is 25.7 Å². The van der Waals surface area contributed by atoms with Gasteiger partial charge in [0.1, 0.15) is 0 Å². The van der Waals surface area contributed by atoms with E-state index in [4.69, 9.17) is 9.37 Å². The Labute approximate surface area is 145 Å². The summed E-state index contributed by atoms with van der Waals surface area (Å²) in [6, 6.07) is 2.21. The second kappa shape index (κ2) is 20.5. The predicted octanol–water partition coefficient (Wildman–Crippen LogP) is 7.94. The van der Waals surface area contributed by atoms with E-state index in [0.29, 0.717) is 6.42 Å². The van der Waals surface area contributed by atoms with Gasteiger partial charge in [-0.1, -0.05) is 116 Å². The summed E-state index contributed by atoms with van der Waals surface area (Å²) in [5.74, 6) is 0. The first kappa shape index (κ1) is 16.4. The fourth-order valence-corrected chi connectivity index (χ4v) is 2.98. The number of rotatable bonds is 18. The minimum atomic E-state index is -1.72. The Balaban J connectivity index is 3.02. The standard InChI is InChI=1S/C21H41N/c1-2-3-4-5-6-7-8-9-10-11-12-13-14-15-16-17-18-19-20-21-22/h2-20H2,1H3/i1D3. The summed E-state index contributed by atoms with van der Waals surface area (Å²) >= 11 is 0. The van der Waals surface area contributed by atoms with Gasteiger partial charge in [-0.2, -0.15) is 5.26 Å². The highest BCUT2D eigenvalue weighted by atomic mass is 14.2. The minimum Gasteiger partial charge on any atom is -0.198 e. The van der Waals surface area contributed by atoms with Gasteiger partial charge in [-0.25, -0.2) is 0 Å². The van der Waals surface area contributed by atoms with Gasteiger partial charge < -0.3 is 0 Å². The Morgan fingerprint density at radius 3 is 1.18 bits per heavy atom. The Bertz CT molecular complexity index is 307. The SMILES string of the molecule is [2H]C([2H])([2H])CCCCCCCCCCCCCCCCCCCC#N. The molecule has 0 spiro atoms. The second-order valence-corrected chi connectivity index (χ2v) is 6.67. The fourth-order valence-electron chi connectivity index (χ4n) is 2.98. The molecular formula is C21H41N. The van der Waals surface area contributed by atoms with E-state index < -0.39 is 6.85 Å². The molecule has 0 radical (unpaired) electrons. The molecule has 0 aromatic carbocycles. The molecule has 0 N–H and O–H groups in total. The Morgan fingerprint density at radius 1 is 0.545 bits per heavy atom. The summed E-state index contributed by atoms with van der Waals surface area (Å²) in [6.07, 6.45) is 22.8. The maximum absolute atomic E-state index is 8.46. The van der Waals surface area contributed by atoms with Crippen LogP contribution in [0.25, 0.3) is 0 Å². The third kappa shape index (κ3) is 19.5. The van der Waals surface area contributed by atoms with E-state index in [2.05, 4.69) is 6.07 Å². The Kier molecular flexibility index (Phi) is 15.2. The summed E-state index contributed by atoms with van der Waals surface area (Å²) in [5.41, 5.74) is 0. The number of nitrogens with zero attached hydrogens (tertiary/aromatic N) is 1. The third-order valence-corrected chi connectivity index (χ3v) is 4.47. The number of unbranched alkanes of at least 4 members (excludes halogenated alkanes) is 17. The summed E-state index contributed by atoms with van der Waals surface area (Å²) in [4.78, 5) is 0. The van der Waals surface area contributed by atoms with Gasteiger partial charge in [-0.15, -0.1) is 0 Å². The molecule has 0 saturated heterocycles. The molecule has 0 aromatic rings. The van der Waals surface area contributed by atoms with Crippen molar-refractivity contribution in [3.8, 4) is 6.07 Å². The molecule has 0 saturated carbocycles. The van der Waals surface area contributed by atoms with Crippen LogP contribution in [-0.4, -0.2) is 0 Å². The molecule has 0 atom stereocenters. The van der Waals surface area contributed by atoms with Crippen molar-refractivity contribution < 1.29 is 4.11 Å². The molecule has 22 heavy (non-hydrogen) atoms. The zero-order valence-corrected chi connectivity index (χ0v) is 14.9. The highest BCUT2D eigenvalue weighted by molar-refractivity contribution is 4.67. The lowest BCUT2D eigenvalue weighted by atomic mass is 10.0. The zero-order valence-electron chi connectivity index (χ0n) is 17.9. The van der Waals surface area contributed by atoms with Crippen LogP contribution in [0.5, 0.6) is 0 Å². The number of hydrogen-bond donors (Lipinski definition) is 0. The van der Waals surface area contributed by atoms with Crippen LogP contribution in [0.3, 0.4) is 0 Å². The molecule has 0 aliphatic rings. The number of hydrogen-bond acceptors (Lipinski definition) is 1. The van der Waals surface area contributed by atoms with Crippen LogP contribution < -0.4 is 0 Å². The van der Waals surface area contributed by atoms with Gasteiger partial charge in [0, 0.05) is 10.5 Å². The van der Waals surface area contributed by atoms with Crippen LogP contribution in [0.1, 0.15) is 133 Å². The van der Waals surface area contributed by atoms with Crippen molar-refractivity contribution in [3.63, 3.8) is 0 Å². The molecule has 0 aliphatic heterocycles. The number of nitriles is 1. The van der Waals surface area contributed by atoms with Crippen LogP contribution in [0, 0.1) is 11.3 Å². The van der Waals surface area contributed by atoms with E-state index in [1.165, 1.54) is 89.9 Å². The summed E-state index contributed by atoms with van der Waals surface area (Å²) in [7, 11) is 0. The van der Waals surface area contributed by atoms with Crippen LogP contribution in [0.2, 0.25) is 0 Å². The van der Waals surface area contributed by atoms with E-state index in [9.17, 15) is 0 Å².